The van der Waals surface area contributed by atoms with Gasteiger partial charge in [0.25, 0.3) is 15.9 Å². The molecule has 0 N–H and O–H groups in total. The van der Waals surface area contributed by atoms with Crippen LogP contribution in [0.3, 0.4) is 0 Å². The summed E-state index contributed by atoms with van der Waals surface area (Å²) < 4.78 is 23.6. The van der Waals surface area contributed by atoms with Crippen LogP contribution >= 0.6 is 0 Å². The molecule has 0 saturated carbocycles. The lowest BCUT2D eigenvalue weighted by atomic mass is 10.3. The fourth-order valence-corrected chi connectivity index (χ4v) is 2.40. The Bertz CT molecular complexity index is 480. The minimum Gasteiger partial charge on any atom is -0.266 e. The Morgan fingerprint density at radius 2 is 2.15 bits per heavy atom. The molecule has 13 heavy (non-hydrogen) atoms. The van der Waals surface area contributed by atoms with Gasteiger partial charge in [0, 0.05) is 13.2 Å². The zero-order valence-electron chi connectivity index (χ0n) is 6.76. The Kier molecular flexibility index (Phi) is 1.44. The molecule has 0 saturated heterocycles. The Labute approximate surface area is 75.1 Å². The summed E-state index contributed by atoms with van der Waals surface area (Å²) in [7, 11) is -2.39. The second kappa shape index (κ2) is 2.29. The number of aromatic nitrogens is 1. The number of hydrogen-bond donors (Lipinski definition) is 0. The lowest BCUT2D eigenvalue weighted by Gasteiger charge is -2.04. The number of rotatable bonds is 0. The molecule has 0 aliphatic carbocycles. The normalized spacial score (nSPS) is 18.8. The monoisotopic (exact) mass is 198 g/mol. The number of pyridine rings is 1. The quantitative estimate of drug-likeness (QED) is 0.581. The maximum Gasteiger partial charge on any atom is 0.287 e. The van der Waals surface area contributed by atoms with Crippen molar-refractivity contribution < 1.29 is 13.2 Å². The lowest BCUT2D eigenvalue weighted by molar-refractivity contribution is 0.0886. The maximum atomic E-state index is 11.5. The largest absolute Gasteiger partial charge is 0.287 e. The van der Waals surface area contributed by atoms with Crippen LogP contribution in [0.4, 0.5) is 0 Å². The molecule has 0 spiro atoms. The summed E-state index contributed by atoms with van der Waals surface area (Å²) in [6.45, 7) is 0. The van der Waals surface area contributed by atoms with Gasteiger partial charge in [0.1, 0.15) is 10.6 Å². The van der Waals surface area contributed by atoms with Crippen LogP contribution in [0.25, 0.3) is 0 Å². The molecule has 1 amide bonds. The second-order valence-electron chi connectivity index (χ2n) is 2.63. The molecule has 68 valence electrons. The van der Waals surface area contributed by atoms with E-state index in [1.165, 1.54) is 25.4 Å². The summed E-state index contributed by atoms with van der Waals surface area (Å²) in [6.07, 6.45) is 1.39. The summed E-state index contributed by atoms with van der Waals surface area (Å²) in [5.74, 6) is -0.574. The van der Waals surface area contributed by atoms with Crippen molar-refractivity contribution in [1.82, 2.24) is 9.29 Å². The van der Waals surface area contributed by atoms with E-state index in [9.17, 15) is 13.2 Å². The van der Waals surface area contributed by atoms with Crippen LogP contribution < -0.4 is 0 Å². The summed E-state index contributed by atoms with van der Waals surface area (Å²) in [5.41, 5.74) is 0.00463. The molecule has 6 heteroatoms. The van der Waals surface area contributed by atoms with Gasteiger partial charge >= 0.3 is 0 Å². The molecule has 1 aliphatic heterocycles. The van der Waals surface area contributed by atoms with Gasteiger partial charge in [-0.15, -0.1) is 0 Å². The first-order chi connectivity index (χ1) is 6.05. The van der Waals surface area contributed by atoms with Gasteiger partial charge in [-0.25, -0.2) is 17.7 Å². The van der Waals surface area contributed by atoms with Crippen molar-refractivity contribution in [3.8, 4) is 0 Å². The third-order valence-electron chi connectivity index (χ3n) is 1.90. The van der Waals surface area contributed by atoms with Crippen molar-refractivity contribution in [3.63, 3.8) is 0 Å². The highest BCUT2D eigenvalue weighted by Gasteiger charge is 2.39. The van der Waals surface area contributed by atoms with Gasteiger partial charge in [-0.1, -0.05) is 0 Å². The Hall–Kier alpha value is -1.43. The second-order valence-corrected chi connectivity index (χ2v) is 4.57. The molecule has 2 rings (SSSR count). The highest BCUT2D eigenvalue weighted by atomic mass is 32.2. The van der Waals surface area contributed by atoms with Crippen molar-refractivity contribution in [2.45, 2.75) is 4.90 Å². The number of amides is 1. The van der Waals surface area contributed by atoms with Gasteiger partial charge in [-0.05, 0) is 12.1 Å². The highest BCUT2D eigenvalue weighted by Crippen LogP contribution is 2.26. The van der Waals surface area contributed by atoms with E-state index in [1.54, 1.807) is 0 Å². The molecular weight excluding hydrogens is 192 g/mol. The zero-order valence-corrected chi connectivity index (χ0v) is 7.58. The molecular formula is C7H6N2O3S. The average molecular weight is 198 g/mol. The molecule has 1 aromatic heterocycles. The predicted octanol–water partition coefficient (Wildman–Crippen LogP) is -0.144. The predicted molar refractivity (Wildman–Crippen MR) is 43.5 cm³/mol. The van der Waals surface area contributed by atoms with Crippen LogP contribution in [0.1, 0.15) is 10.5 Å². The third-order valence-corrected chi connectivity index (χ3v) is 3.67. The Balaban J connectivity index is 2.83. The van der Waals surface area contributed by atoms with Gasteiger partial charge in [-0.3, -0.25) is 4.79 Å². The zero-order chi connectivity index (χ0) is 9.64. The van der Waals surface area contributed by atoms with E-state index >= 15 is 0 Å². The summed E-state index contributed by atoms with van der Waals surface area (Å²) in [5, 5.41) is 0. The van der Waals surface area contributed by atoms with E-state index in [1.807, 2.05) is 0 Å². The van der Waals surface area contributed by atoms with Gasteiger partial charge in [0.05, 0.1) is 0 Å². The topological polar surface area (TPSA) is 67.3 Å². The number of hydrogen-bond acceptors (Lipinski definition) is 4. The van der Waals surface area contributed by atoms with Crippen molar-refractivity contribution >= 4 is 15.9 Å². The fourth-order valence-electron chi connectivity index (χ4n) is 1.17. The first-order valence-corrected chi connectivity index (χ1v) is 4.97. The Morgan fingerprint density at radius 3 is 2.77 bits per heavy atom. The van der Waals surface area contributed by atoms with E-state index in [2.05, 4.69) is 4.98 Å². The summed E-state index contributed by atoms with van der Waals surface area (Å²) in [6, 6.07) is 2.86. The number of nitrogens with zero attached hydrogens (tertiary/aromatic N) is 2. The number of fused-ring (bicyclic) bond motifs is 1. The first kappa shape index (κ1) is 8.18. The molecule has 1 aliphatic rings. The summed E-state index contributed by atoms with van der Waals surface area (Å²) >= 11 is 0. The van der Waals surface area contributed by atoms with E-state index < -0.39 is 15.9 Å². The standard InChI is InChI=1S/C7H6N2O3S/c1-9-7(10)6-5(13(9,11)12)3-2-4-8-6/h2-4H,1H3. The minimum atomic E-state index is -3.61. The lowest BCUT2D eigenvalue weighted by Crippen LogP contribution is -2.25. The van der Waals surface area contributed by atoms with Gasteiger partial charge in [-0.2, -0.15) is 0 Å². The van der Waals surface area contributed by atoms with Gasteiger partial charge < -0.3 is 0 Å². The molecule has 0 atom stereocenters. The SMILES string of the molecule is CN1C(=O)c2ncccc2S1(=O)=O. The van der Waals surface area contributed by atoms with Crippen LogP contribution in [0.2, 0.25) is 0 Å². The Morgan fingerprint density at radius 1 is 1.46 bits per heavy atom. The van der Waals surface area contributed by atoms with E-state index in [0.29, 0.717) is 4.31 Å². The van der Waals surface area contributed by atoms with E-state index in [4.69, 9.17) is 0 Å². The molecule has 0 unspecified atom stereocenters. The van der Waals surface area contributed by atoms with Crippen LogP contribution in [0, 0.1) is 0 Å². The maximum absolute atomic E-state index is 11.5. The van der Waals surface area contributed by atoms with Gasteiger partial charge in [0.15, 0.2) is 0 Å². The molecule has 2 heterocycles. The van der Waals surface area contributed by atoms with Crippen molar-refractivity contribution in [1.29, 1.82) is 0 Å². The molecule has 1 aromatic rings. The van der Waals surface area contributed by atoms with E-state index in [0.717, 1.165) is 0 Å². The summed E-state index contributed by atoms with van der Waals surface area (Å²) in [4.78, 5) is 15.0. The van der Waals surface area contributed by atoms with Crippen molar-refractivity contribution in [3.05, 3.63) is 24.0 Å². The molecule has 0 aromatic carbocycles. The van der Waals surface area contributed by atoms with Crippen LogP contribution in [0.5, 0.6) is 0 Å². The molecule has 0 fully saturated rings. The molecule has 0 bridgehead atoms. The smallest absolute Gasteiger partial charge is 0.266 e. The van der Waals surface area contributed by atoms with Crippen molar-refractivity contribution in [2.24, 2.45) is 0 Å². The number of sulfonamides is 1. The minimum absolute atomic E-state index is 0.00463. The fraction of sp³-hybridized carbons (Fsp3) is 0.143. The number of carbonyl (C=O) groups excluding carboxylic acids is 1. The van der Waals surface area contributed by atoms with Crippen molar-refractivity contribution in [2.75, 3.05) is 7.05 Å². The average Bonchev–Trinajstić information content (AvgIpc) is 2.30. The molecule has 5 nitrogen and oxygen atoms in total. The van der Waals surface area contributed by atoms with Crippen LogP contribution in [-0.2, 0) is 10.0 Å². The first-order valence-electron chi connectivity index (χ1n) is 3.53. The third kappa shape index (κ3) is 0.888. The number of carbonyl (C=O) groups is 1. The van der Waals surface area contributed by atoms with Crippen LogP contribution in [-0.4, -0.2) is 30.7 Å². The van der Waals surface area contributed by atoms with Gasteiger partial charge in [0.2, 0.25) is 0 Å². The van der Waals surface area contributed by atoms with Crippen LogP contribution in [0.15, 0.2) is 23.2 Å². The van der Waals surface area contributed by atoms with E-state index in [-0.39, 0.29) is 10.6 Å². The molecule has 0 radical (unpaired) electrons. The highest BCUT2D eigenvalue weighted by molar-refractivity contribution is 7.90.